The number of carbonyl (C=O) groups excluding carboxylic acids is 1. The van der Waals surface area contributed by atoms with Gasteiger partial charge in [0.15, 0.2) is 17.6 Å². The number of nitrogens with zero attached hydrogens (tertiary/aromatic N) is 2. The second kappa shape index (κ2) is 8.38. The Kier molecular flexibility index (Phi) is 5.50. The summed E-state index contributed by atoms with van der Waals surface area (Å²) >= 11 is 0. The molecule has 2 heterocycles. The zero-order chi connectivity index (χ0) is 20.2. The van der Waals surface area contributed by atoms with Crippen LogP contribution in [0.4, 0.5) is 9.18 Å². The van der Waals surface area contributed by atoms with Gasteiger partial charge in [-0.25, -0.2) is 9.18 Å². The fraction of sp³-hybridized carbons (Fsp3) is 0.333. The Morgan fingerprint density at radius 3 is 2.79 bits per heavy atom. The monoisotopic (exact) mass is 399 g/mol. The average molecular weight is 399 g/mol. The Morgan fingerprint density at radius 1 is 1.21 bits per heavy atom. The first-order chi connectivity index (χ1) is 14.1. The van der Waals surface area contributed by atoms with E-state index in [1.807, 2.05) is 25.1 Å². The fourth-order valence-electron chi connectivity index (χ4n) is 3.31. The molecule has 0 fully saturated rings. The van der Waals surface area contributed by atoms with Gasteiger partial charge < -0.3 is 24.5 Å². The minimum absolute atomic E-state index is 0.197. The molecule has 0 bridgehead atoms. The summed E-state index contributed by atoms with van der Waals surface area (Å²) in [5.74, 6) is 1.10. The van der Waals surface area contributed by atoms with Crippen molar-refractivity contribution in [2.75, 3.05) is 19.9 Å². The predicted octanol–water partition coefficient (Wildman–Crippen LogP) is 3.28. The maximum atomic E-state index is 13.2. The molecule has 7 nitrogen and oxygen atoms in total. The van der Waals surface area contributed by atoms with E-state index in [0.29, 0.717) is 37.6 Å². The van der Waals surface area contributed by atoms with Gasteiger partial charge in [-0.1, -0.05) is 17.3 Å². The van der Waals surface area contributed by atoms with Crippen LogP contribution in [0, 0.1) is 5.82 Å². The highest BCUT2D eigenvalue weighted by Crippen LogP contribution is 2.33. The quantitative estimate of drug-likeness (QED) is 0.809. The summed E-state index contributed by atoms with van der Waals surface area (Å²) in [6.07, 6.45) is 0.303. The molecule has 0 radical (unpaired) electrons. The van der Waals surface area contributed by atoms with Crippen LogP contribution in [0.25, 0.3) is 0 Å². The standard InChI is InChI=1S/C21H22FN3O4/c1-2-23-21(26)25(11-14-3-6-16(22)7-4-14)12-17-10-18(24-29-17)15-5-8-19-20(9-15)28-13-27-19/h3-9,17H,2,10-13H2,1H3,(H,23,26)/t17-/m1/s1. The molecule has 152 valence electrons. The predicted molar refractivity (Wildman–Crippen MR) is 104 cm³/mol. The summed E-state index contributed by atoms with van der Waals surface area (Å²) in [6, 6.07) is 11.6. The van der Waals surface area contributed by atoms with Crippen LogP contribution in [0.2, 0.25) is 0 Å². The Balaban J connectivity index is 1.41. The zero-order valence-electron chi connectivity index (χ0n) is 16.1. The lowest BCUT2D eigenvalue weighted by molar-refractivity contribution is 0.0590. The molecule has 0 saturated carbocycles. The number of rotatable bonds is 6. The highest BCUT2D eigenvalue weighted by Gasteiger charge is 2.27. The van der Waals surface area contributed by atoms with Crippen LogP contribution >= 0.6 is 0 Å². The third-order valence-corrected chi connectivity index (χ3v) is 4.76. The number of halogens is 1. The minimum atomic E-state index is -0.306. The number of fused-ring (bicyclic) bond motifs is 1. The fourth-order valence-corrected chi connectivity index (χ4v) is 3.31. The second-order valence-corrected chi connectivity index (χ2v) is 6.88. The van der Waals surface area contributed by atoms with Crippen LogP contribution in [0.5, 0.6) is 11.5 Å². The van der Waals surface area contributed by atoms with Crippen LogP contribution in [0.1, 0.15) is 24.5 Å². The van der Waals surface area contributed by atoms with Crippen molar-refractivity contribution in [3.05, 3.63) is 59.4 Å². The first-order valence-corrected chi connectivity index (χ1v) is 9.52. The van der Waals surface area contributed by atoms with Gasteiger partial charge in [0.1, 0.15) is 5.82 Å². The molecule has 1 atom stereocenters. The maximum absolute atomic E-state index is 13.2. The van der Waals surface area contributed by atoms with Crippen molar-refractivity contribution in [3.63, 3.8) is 0 Å². The molecule has 1 N–H and O–H groups in total. The number of carbonyl (C=O) groups is 1. The van der Waals surface area contributed by atoms with E-state index in [1.54, 1.807) is 17.0 Å². The zero-order valence-corrected chi connectivity index (χ0v) is 16.1. The van der Waals surface area contributed by atoms with Gasteiger partial charge in [0.05, 0.1) is 12.3 Å². The molecule has 2 amide bonds. The number of ether oxygens (including phenoxy) is 2. The third-order valence-electron chi connectivity index (χ3n) is 4.76. The number of benzene rings is 2. The molecular weight excluding hydrogens is 377 g/mol. The molecule has 29 heavy (non-hydrogen) atoms. The molecule has 0 unspecified atom stereocenters. The van der Waals surface area contributed by atoms with Crippen LogP contribution < -0.4 is 14.8 Å². The summed E-state index contributed by atoms with van der Waals surface area (Å²) in [7, 11) is 0. The number of oxime groups is 1. The lowest BCUT2D eigenvalue weighted by atomic mass is 10.0. The lowest BCUT2D eigenvalue weighted by Crippen LogP contribution is -2.43. The van der Waals surface area contributed by atoms with Crippen molar-refractivity contribution < 1.29 is 23.5 Å². The van der Waals surface area contributed by atoms with Crippen LogP contribution in [-0.2, 0) is 11.4 Å². The Morgan fingerprint density at radius 2 is 2.00 bits per heavy atom. The summed E-state index contributed by atoms with van der Waals surface area (Å²) in [5, 5.41) is 7.01. The summed E-state index contributed by atoms with van der Waals surface area (Å²) < 4.78 is 23.9. The highest BCUT2D eigenvalue weighted by atomic mass is 19.1. The SMILES string of the molecule is CCNC(=O)N(Cc1ccc(F)cc1)C[C@H]1CC(c2ccc3c(c2)OCO3)=NO1. The van der Waals surface area contributed by atoms with Crippen molar-refractivity contribution in [1.29, 1.82) is 0 Å². The summed E-state index contributed by atoms with van der Waals surface area (Å²) in [4.78, 5) is 19.7. The topological polar surface area (TPSA) is 72.4 Å². The van der Waals surface area contributed by atoms with E-state index in [2.05, 4.69) is 10.5 Å². The van der Waals surface area contributed by atoms with Gasteiger partial charge in [-0.2, -0.15) is 0 Å². The van der Waals surface area contributed by atoms with Crippen LogP contribution in [0.3, 0.4) is 0 Å². The van der Waals surface area contributed by atoms with Gasteiger partial charge in [0.2, 0.25) is 6.79 Å². The van der Waals surface area contributed by atoms with Gasteiger partial charge in [0.25, 0.3) is 0 Å². The van der Waals surface area contributed by atoms with Crippen molar-refractivity contribution >= 4 is 11.7 Å². The number of urea groups is 1. The van der Waals surface area contributed by atoms with Crippen LogP contribution in [0.15, 0.2) is 47.6 Å². The van der Waals surface area contributed by atoms with E-state index < -0.39 is 0 Å². The van der Waals surface area contributed by atoms with Crippen molar-refractivity contribution in [2.24, 2.45) is 5.16 Å². The van der Waals surface area contributed by atoms with Crippen molar-refractivity contribution in [1.82, 2.24) is 10.2 Å². The van der Waals surface area contributed by atoms with E-state index in [4.69, 9.17) is 14.3 Å². The van der Waals surface area contributed by atoms with Gasteiger partial charge >= 0.3 is 6.03 Å². The first kappa shape index (κ1) is 19.0. The Hall–Kier alpha value is -3.29. The molecule has 4 rings (SSSR count). The van der Waals surface area contributed by atoms with E-state index >= 15 is 0 Å². The summed E-state index contributed by atoms with van der Waals surface area (Å²) in [6.45, 7) is 3.31. The molecule has 0 aliphatic carbocycles. The molecular formula is C21H22FN3O4. The molecule has 8 heteroatoms. The molecule has 2 aliphatic rings. The number of nitrogens with one attached hydrogen (secondary N) is 1. The van der Waals surface area contributed by atoms with Gasteiger partial charge in [-0.3, -0.25) is 0 Å². The second-order valence-electron chi connectivity index (χ2n) is 6.88. The smallest absolute Gasteiger partial charge is 0.317 e. The van der Waals surface area contributed by atoms with E-state index in [9.17, 15) is 9.18 Å². The normalized spacial score (nSPS) is 16.9. The average Bonchev–Trinajstić information content (AvgIpc) is 3.38. The Bertz CT molecular complexity index is 917. The van der Waals surface area contributed by atoms with Crippen molar-refractivity contribution in [2.45, 2.75) is 26.0 Å². The molecule has 2 aromatic rings. The van der Waals surface area contributed by atoms with Gasteiger partial charge in [0, 0.05) is 25.1 Å². The van der Waals surface area contributed by atoms with E-state index in [-0.39, 0.29) is 24.7 Å². The maximum Gasteiger partial charge on any atom is 0.317 e. The van der Waals surface area contributed by atoms with Crippen LogP contribution in [-0.4, -0.2) is 42.6 Å². The number of amides is 2. The summed E-state index contributed by atoms with van der Waals surface area (Å²) in [5.41, 5.74) is 2.54. The minimum Gasteiger partial charge on any atom is -0.454 e. The molecule has 0 spiro atoms. The first-order valence-electron chi connectivity index (χ1n) is 9.52. The molecule has 2 aromatic carbocycles. The van der Waals surface area contributed by atoms with Crippen molar-refractivity contribution in [3.8, 4) is 11.5 Å². The largest absolute Gasteiger partial charge is 0.454 e. The highest BCUT2D eigenvalue weighted by molar-refractivity contribution is 6.01. The third kappa shape index (κ3) is 4.42. The Labute approximate surface area is 168 Å². The number of hydrogen-bond donors (Lipinski definition) is 1. The molecule has 0 aromatic heterocycles. The molecule has 0 saturated heterocycles. The van der Waals surface area contributed by atoms with Gasteiger partial charge in [-0.15, -0.1) is 0 Å². The van der Waals surface area contributed by atoms with E-state index in [0.717, 1.165) is 16.8 Å². The van der Waals surface area contributed by atoms with Gasteiger partial charge in [-0.05, 0) is 42.8 Å². The van der Waals surface area contributed by atoms with E-state index in [1.165, 1.54) is 12.1 Å². The lowest BCUT2D eigenvalue weighted by Gasteiger charge is -2.25. The molecule has 2 aliphatic heterocycles. The number of hydrogen-bond acceptors (Lipinski definition) is 5.